The standard InChI is InChI=1S/C19H28N4O3/c1-15-11-20-12-17(21-15)25-8-4-16-5-9-26-19(10-16)13-23(14-19)18(24)22-6-2-3-7-22/h11-12,16H,2-10,13-14H2,1H3. The second kappa shape index (κ2) is 7.39. The third-order valence-corrected chi connectivity index (χ3v) is 5.71. The Labute approximate surface area is 154 Å². The van der Waals surface area contributed by atoms with E-state index in [0.29, 0.717) is 18.4 Å². The third-order valence-electron chi connectivity index (χ3n) is 5.71. The maximum atomic E-state index is 12.5. The van der Waals surface area contributed by atoms with Gasteiger partial charge in [-0.3, -0.25) is 4.98 Å². The number of likely N-dealkylation sites (tertiary alicyclic amines) is 2. The van der Waals surface area contributed by atoms with E-state index < -0.39 is 0 Å². The van der Waals surface area contributed by atoms with Crippen LogP contribution in [-0.2, 0) is 4.74 Å². The van der Waals surface area contributed by atoms with E-state index in [2.05, 4.69) is 9.97 Å². The third kappa shape index (κ3) is 3.77. The molecule has 0 aromatic carbocycles. The van der Waals surface area contributed by atoms with Crippen molar-refractivity contribution in [2.24, 2.45) is 5.92 Å². The smallest absolute Gasteiger partial charge is 0.320 e. The summed E-state index contributed by atoms with van der Waals surface area (Å²) < 4.78 is 11.8. The van der Waals surface area contributed by atoms with E-state index in [0.717, 1.165) is 70.6 Å². The largest absolute Gasteiger partial charge is 0.477 e. The van der Waals surface area contributed by atoms with Crippen molar-refractivity contribution in [2.45, 2.75) is 44.6 Å². The zero-order valence-electron chi connectivity index (χ0n) is 15.5. The van der Waals surface area contributed by atoms with Gasteiger partial charge in [0.15, 0.2) is 0 Å². The van der Waals surface area contributed by atoms with Crippen molar-refractivity contribution >= 4 is 6.03 Å². The average Bonchev–Trinajstić information content (AvgIpc) is 3.14. The molecule has 1 aromatic heterocycles. The highest BCUT2D eigenvalue weighted by Gasteiger charge is 2.50. The van der Waals surface area contributed by atoms with Gasteiger partial charge in [0.05, 0.1) is 31.6 Å². The Kier molecular flexibility index (Phi) is 4.98. The number of hydrogen-bond donors (Lipinski definition) is 0. The van der Waals surface area contributed by atoms with Crippen LogP contribution in [0.15, 0.2) is 12.4 Å². The molecule has 7 heteroatoms. The number of aryl methyl sites for hydroxylation is 1. The predicted octanol–water partition coefficient (Wildman–Crippen LogP) is 2.25. The van der Waals surface area contributed by atoms with Crippen LogP contribution in [-0.4, -0.2) is 70.8 Å². The SMILES string of the molecule is Cc1cncc(OCCC2CCOC3(C2)CN(C(=O)N2CCCC2)C3)n1. The van der Waals surface area contributed by atoms with E-state index in [9.17, 15) is 4.79 Å². The van der Waals surface area contributed by atoms with E-state index in [1.807, 2.05) is 16.7 Å². The zero-order chi connectivity index (χ0) is 18.0. The molecule has 0 N–H and O–H groups in total. The molecule has 4 heterocycles. The summed E-state index contributed by atoms with van der Waals surface area (Å²) in [4.78, 5) is 24.8. The zero-order valence-corrected chi connectivity index (χ0v) is 15.5. The number of urea groups is 1. The van der Waals surface area contributed by atoms with Crippen LogP contribution in [0.25, 0.3) is 0 Å². The first-order chi connectivity index (χ1) is 12.6. The van der Waals surface area contributed by atoms with Crippen LogP contribution in [0.4, 0.5) is 4.79 Å². The van der Waals surface area contributed by atoms with Gasteiger partial charge < -0.3 is 19.3 Å². The van der Waals surface area contributed by atoms with E-state index in [-0.39, 0.29) is 11.6 Å². The summed E-state index contributed by atoms with van der Waals surface area (Å²) >= 11 is 0. The number of carbonyl (C=O) groups is 1. The molecule has 3 saturated heterocycles. The summed E-state index contributed by atoms with van der Waals surface area (Å²) in [5.41, 5.74) is 0.742. The Hall–Kier alpha value is -1.89. The molecule has 0 bridgehead atoms. The minimum atomic E-state index is -0.124. The average molecular weight is 360 g/mol. The van der Waals surface area contributed by atoms with E-state index in [4.69, 9.17) is 9.47 Å². The summed E-state index contributed by atoms with van der Waals surface area (Å²) in [7, 11) is 0. The highest BCUT2D eigenvalue weighted by Crippen LogP contribution is 2.38. The van der Waals surface area contributed by atoms with Crippen LogP contribution in [0, 0.1) is 12.8 Å². The van der Waals surface area contributed by atoms with Crippen LogP contribution in [0.2, 0.25) is 0 Å². The van der Waals surface area contributed by atoms with Gasteiger partial charge in [0.1, 0.15) is 5.60 Å². The lowest BCUT2D eigenvalue weighted by Gasteiger charge is -2.53. The van der Waals surface area contributed by atoms with Gasteiger partial charge in [-0.2, -0.15) is 0 Å². The van der Waals surface area contributed by atoms with Gasteiger partial charge in [-0.25, -0.2) is 9.78 Å². The van der Waals surface area contributed by atoms with Gasteiger partial charge in [-0.1, -0.05) is 0 Å². The van der Waals surface area contributed by atoms with Crippen LogP contribution < -0.4 is 4.74 Å². The molecule has 1 spiro atoms. The van der Waals surface area contributed by atoms with Crippen molar-refractivity contribution in [2.75, 3.05) is 39.4 Å². The monoisotopic (exact) mass is 360 g/mol. The molecule has 142 valence electrons. The number of hydrogen-bond acceptors (Lipinski definition) is 5. The molecule has 1 unspecified atom stereocenters. The first-order valence-electron chi connectivity index (χ1n) is 9.73. The predicted molar refractivity (Wildman–Crippen MR) is 96.1 cm³/mol. The molecule has 7 nitrogen and oxygen atoms in total. The van der Waals surface area contributed by atoms with Crippen molar-refractivity contribution < 1.29 is 14.3 Å². The fourth-order valence-electron chi connectivity index (χ4n) is 4.33. The molecule has 4 rings (SSSR count). The maximum Gasteiger partial charge on any atom is 0.320 e. The summed E-state index contributed by atoms with van der Waals surface area (Å²) in [6, 6.07) is 0.195. The minimum absolute atomic E-state index is 0.124. The molecule has 1 aromatic rings. The van der Waals surface area contributed by atoms with Gasteiger partial charge >= 0.3 is 6.03 Å². The summed E-state index contributed by atoms with van der Waals surface area (Å²) in [5, 5.41) is 0. The van der Waals surface area contributed by atoms with Gasteiger partial charge in [-0.15, -0.1) is 0 Å². The Morgan fingerprint density at radius 1 is 1.31 bits per heavy atom. The number of rotatable bonds is 4. The van der Waals surface area contributed by atoms with Gasteiger partial charge in [-0.05, 0) is 44.9 Å². The lowest BCUT2D eigenvalue weighted by molar-refractivity contribution is -0.167. The Bertz CT molecular complexity index is 641. The quantitative estimate of drug-likeness (QED) is 0.824. The lowest BCUT2D eigenvalue weighted by Crippen LogP contribution is -2.68. The number of carbonyl (C=O) groups excluding carboxylic acids is 1. The molecular formula is C19H28N4O3. The van der Waals surface area contributed by atoms with Crippen molar-refractivity contribution in [3.8, 4) is 5.88 Å². The number of nitrogens with zero attached hydrogens (tertiary/aromatic N) is 4. The topological polar surface area (TPSA) is 67.8 Å². The molecule has 26 heavy (non-hydrogen) atoms. The maximum absolute atomic E-state index is 12.5. The van der Waals surface area contributed by atoms with Crippen molar-refractivity contribution in [3.05, 3.63) is 18.1 Å². The summed E-state index contributed by atoms with van der Waals surface area (Å²) in [6.45, 7) is 6.63. The fourth-order valence-corrected chi connectivity index (χ4v) is 4.33. The first kappa shape index (κ1) is 17.5. The van der Waals surface area contributed by atoms with E-state index >= 15 is 0 Å². The van der Waals surface area contributed by atoms with Gasteiger partial charge in [0.25, 0.3) is 0 Å². The van der Waals surface area contributed by atoms with Crippen molar-refractivity contribution in [1.82, 2.24) is 19.8 Å². The number of ether oxygens (including phenoxy) is 2. The van der Waals surface area contributed by atoms with Crippen LogP contribution >= 0.6 is 0 Å². The molecule has 2 amide bonds. The Morgan fingerprint density at radius 2 is 2.12 bits per heavy atom. The number of amides is 2. The molecular weight excluding hydrogens is 332 g/mol. The Morgan fingerprint density at radius 3 is 2.88 bits per heavy atom. The molecule has 0 aliphatic carbocycles. The highest BCUT2D eigenvalue weighted by molar-refractivity contribution is 5.76. The van der Waals surface area contributed by atoms with Gasteiger partial charge in [0.2, 0.25) is 5.88 Å². The van der Waals surface area contributed by atoms with Crippen LogP contribution in [0.3, 0.4) is 0 Å². The molecule has 0 radical (unpaired) electrons. The van der Waals surface area contributed by atoms with E-state index in [1.165, 1.54) is 0 Å². The van der Waals surface area contributed by atoms with Crippen molar-refractivity contribution in [1.29, 1.82) is 0 Å². The molecule has 3 aliphatic heterocycles. The number of aromatic nitrogens is 2. The van der Waals surface area contributed by atoms with Crippen LogP contribution in [0.5, 0.6) is 5.88 Å². The fraction of sp³-hybridized carbons (Fsp3) is 0.737. The summed E-state index contributed by atoms with van der Waals surface area (Å²) in [6.07, 6.45) is 8.71. The first-order valence-corrected chi connectivity index (χ1v) is 9.73. The Balaban J connectivity index is 1.23. The molecule has 3 aliphatic rings. The lowest BCUT2D eigenvalue weighted by atomic mass is 9.79. The van der Waals surface area contributed by atoms with Crippen LogP contribution in [0.1, 0.15) is 37.8 Å². The van der Waals surface area contributed by atoms with Gasteiger partial charge in [0, 0.05) is 25.9 Å². The summed E-state index contributed by atoms with van der Waals surface area (Å²) in [5.74, 6) is 1.17. The second-order valence-corrected chi connectivity index (χ2v) is 7.86. The normalized spacial score (nSPS) is 24.6. The second-order valence-electron chi connectivity index (χ2n) is 7.86. The molecule has 1 atom stereocenters. The highest BCUT2D eigenvalue weighted by atomic mass is 16.5. The van der Waals surface area contributed by atoms with Crippen molar-refractivity contribution in [3.63, 3.8) is 0 Å². The van der Waals surface area contributed by atoms with E-state index in [1.54, 1.807) is 12.4 Å². The minimum Gasteiger partial charge on any atom is -0.477 e. The molecule has 3 fully saturated rings. The molecule has 0 saturated carbocycles.